The average molecular weight is 558 g/mol. The molecule has 0 saturated heterocycles. The van der Waals surface area contributed by atoms with E-state index in [0.717, 1.165) is 5.56 Å². The molecule has 0 saturated carbocycles. The molecule has 0 aromatic heterocycles. The Morgan fingerprint density at radius 3 is 2.25 bits per heavy atom. The van der Waals surface area contributed by atoms with E-state index in [1.807, 2.05) is 30.3 Å². The molecule has 218 valence electrons. The minimum absolute atomic E-state index is 0.0504. The van der Waals surface area contributed by atoms with Gasteiger partial charge in [-0.1, -0.05) is 42.5 Å². The van der Waals surface area contributed by atoms with Crippen molar-refractivity contribution in [2.75, 3.05) is 38.8 Å². The van der Waals surface area contributed by atoms with Crippen LogP contribution >= 0.6 is 0 Å². The number of carbonyl (C=O) groups is 4. The highest BCUT2D eigenvalue weighted by Gasteiger charge is 2.27. The second kappa shape index (κ2) is 18.3. The number of amides is 5. The van der Waals surface area contributed by atoms with Crippen LogP contribution < -0.4 is 27.0 Å². The van der Waals surface area contributed by atoms with Crippen molar-refractivity contribution in [1.82, 2.24) is 16.0 Å². The second-order valence-electron chi connectivity index (χ2n) is 9.00. The molecule has 0 spiro atoms. The first kappa shape index (κ1) is 32.2. The number of benzene rings is 2. The van der Waals surface area contributed by atoms with Crippen molar-refractivity contribution in [3.63, 3.8) is 0 Å². The van der Waals surface area contributed by atoms with Crippen LogP contribution in [0.15, 0.2) is 54.6 Å². The summed E-state index contributed by atoms with van der Waals surface area (Å²) in [5.41, 5.74) is 7.12. The minimum atomic E-state index is -0.966. The lowest BCUT2D eigenvalue weighted by molar-refractivity contribution is -0.131. The van der Waals surface area contributed by atoms with Gasteiger partial charge in [0.05, 0.1) is 26.4 Å². The Hall–Kier alpha value is -4.00. The van der Waals surface area contributed by atoms with E-state index in [0.29, 0.717) is 30.9 Å². The van der Waals surface area contributed by atoms with Gasteiger partial charge in [-0.05, 0) is 36.1 Å². The summed E-state index contributed by atoms with van der Waals surface area (Å²) in [6.45, 7) is 1.01. The molecule has 0 aliphatic carbocycles. The second-order valence-corrected chi connectivity index (χ2v) is 9.00. The molecular weight excluding hydrogens is 518 g/mol. The molecule has 2 atom stereocenters. The SMILES string of the molecule is COCCOCCC(=O)NC(Cc1ccccc1)C(=O)NC(CCCNC(N)=O)C(=O)Nc1ccc(CO)cc1. The van der Waals surface area contributed by atoms with Crippen LogP contribution in [0, 0.1) is 0 Å². The van der Waals surface area contributed by atoms with Crippen molar-refractivity contribution in [1.29, 1.82) is 0 Å². The first-order chi connectivity index (χ1) is 19.3. The highest BCUT2D eigenvalue weighted by Crippen LogP contribution is 2.12. The molecule has 2 aromatic carbocycles. The fourth-order valence-electron chi connectivity index (χ4n) is 3.72. The molecule has 7 N–H and O–H groups in total. The fourth-order valence-corrected chi connectivity index (χ4v) is 3.72. The Kier molecular flexibility index (Phi) is 14.8. The Bertz CT molecular complexity index is 1070. The zero-order valence-electron chi connectivity index (χ0n) is 22.7. The number of aliphatic hydroxyl groups is 1. The van der Waals surface area contributed by atoms with Crippen LogP contribution in [0.1, 0.15) is 30.4 Å². The Morgan fingerprint density at radius 1 is 0.875 bits per heavy atom. The van der Waals surface area contributed by atoms with Crippen LogP contribution in [-0.4, -0.2) is 74.4 Å². The van der Waals surface area contributed by atoms with E-state index in [-0.39, 0.29) is 44.9 Å². The van der Waals surface area contributed by atoms with Crippen LogP contribution in [0.2, 0.25) is 0 Å². The lowest BCUT2D eigenvalue weighted by Crippen LogP contribution is -2.53. The maximum atomic E-state index is 13.4. The third kappa shape index (κ3) is 12.7. The molecule has 0 aliphatic rings. The first-order valence-corrected chi connectivity index (χ1v) is 13.1. The van der Waals surface area contributed by atoms with Gasteiger partial charge in [0.25, 0.3) is 0 Å². The van der Waals surface area contributed by atoms with E-state index < -0.39 is 29.9 Å². The molecule has 0 fully saturated rings. The van der Waals surface area contributed by atoms with Gasteiger partial charge in [-0.25, -0.2) is 4.79 Å². The number of hydrogen-bond donors (Lipinski definition) is 6. The Labute approximate surface area is 234 Å². The summed E-state index contributed by atoms with van der Waals surface area (Å²) in [5.74, 6) is -1.37. The normalized spacial score (nSPS) is 12.2. The number of aliphatic hydroxyl groups excluding tert-OH is 1. The zero-order chi connectivity index (χ0) is 29.2. The number of anilines is 1. The number of ether oxygens (including phenoxy) is 2. The smallest absolute Gasteiger partial charge is 0.312 e. The molecule has 2 unspecified atom stereocenters. The van der Waals surface area contributed by atoms with Crippen molar-refractivity contribution >= 4 is 29.4 Å². The van der Waals surface area contributed by atoms with Gasteiger partial charge >= 0.3 is 6.03 Å². The number of hydrogen-bond acceptors (Lipinski definition) is 7. The number of methoxy groups -OCH3 is 1. The van der Waals surface area contributed by atoms with E-state index in [1.165, 1.54) is 0 Å². The average Bonchev–Trinajstić information content (AvgIpc) is 2.95. The number of nitrogens with two attached hydrogens (primary N) is 1. The lowest BCUT2D eigenvalue weighted by atomic mass is 10.0. The number of carbonyl (C=O) groups excluding carboxylic acids is 4. The van der Waals surface area contributed by atoms with E-state index >= 15 is 0 Å². The Morgan fingerprint density at radius 2 is 1.60 bits per heavy atom. The molecular formula is C28H39N5O7. The van der Waals surface area contributed by atoms with Gasteiger partial charge in [0.15, 0.2) is 0 Å². The summed E-state index contributed by atoms with van der Waals surface area (Å²) in [5, 5.41) is 20.0. The topological polar surface area (TPSA) is 181 Å². The summed E-state index contributed by atoms with van der Waals surface area (Å²) in [6, 6.07) is 13.2. The van der Waals surface area contributed by atoms with Gasteiger partial charge in [-0.3, -0.25) is 14.4 Å². The molecule has 12 nitrogen and oxygen atoms in total. The highest BCUT2D eigenvalue weighted by molar-refractivity contribution is 5.98. The zero-order valence-corrected chi connectivity index (χ0v) is 22.7. The van der Waals surface area contributed by atoms with Crippen molar-refractivity contribution in [3.8, 4) is 0 Å². The van der Waals surface area contributed by atoms with Gasteiger partial charge in [0.2, 0.25) is 17.7 Å². The largest absolute Gasteiger partial charge is 0.392 e. The summed E-state index contributed by atoms with van der Waals surface area (Å²) in [4.78, 5) is 50.2. The summed E-state index contributed by atoms with van der Waals surface area (Å²) in [7, 11) is 1.55. The third-order valence-corrected chi connectivity index (χ3v) is 5.85. The van der Waals surface area contributed by atoms with Crippen molar-refractivity contribution in [2.24, 2.45) is 5.73 Å². The van der Waals surface area contributed by atoms with Crippen LogP contribution in [0.3, 0.4) is 0 Å². The van der Waals surface area contributed by atoms with E-state index in [4.69, 9.17) is 15.2 Å². The molecule has 5 amide bonds. The standard InChI is InChI=1S/C28H39N5O7/c1-39-16-17-40-15-13-25(35)32-24(18-20-6-3-2-4-7-20)27(37)33-23(8-5-14-30-28(29)38)26(36)31-22-11-9-21(19-34)10-12-22/h2-4,6-7,9-12,23-24,34H,5,8,13-19H2,1H3,(H,31,36)(H,32,35)(H,33,37)(H3,29,30,38). The molecule has 0 radical (unpaired) electrons. The van der Waals surface area contributed by atoms with E-state index in [2.05, 4.69) is 21.3 Å². The molecule has 0 aliphatic heterocycles. The van der Waals surface area contributed by atoms with E-state index in [9.17, 15) is 24.3 Å². The molecule has 12 heteroatoms. The van der Waals surface area contributed by atoms with Crippen LogP contribution in [0.5, 0.6) is 0 Å². The third-order valence-electron chi connectivity index (χ3n) is 5.85. The van der Waals surface area contributed by atoms with Gasteiger partial charge < -0.3 is 41.6 Å². The van der Waals surface area contributed by atoms with Gasteiger partial charge in [0.1, 0.15) is 12.1 Å². The Balaban J connectivity index is 2.12. The van der Waals surface area contributed by atoms with Gasteiger partial charge in [0, 0.05) is 32.2 Å². The quantitative estimate of drug-likeness (QED) is 0.147. The van der Waals surface area contributed by atoms with Crippen LogP contribution in [0.4, 0.5) is 10.5 Å². The number of urea groups is 1. The maximum Gasteiger partial charge on any atom is 0.312 e. The van der Waals surface area contributed by atoms with Crippen molar-refractivity contribution < 1.29 is 33.8 Å². The highest BCUT2D eigenvalue weighted by atomic mass is 16.5. The minimum Gasteiger partial charge on any atom is -0.392 e. The van der Waals surface area contributed by atoms with E-state index in [1.54, 1.807) is 31.4 Å². The summed E-state index contributed by atoms with van der Waals surface area (Å²) in [6.07, 6.45) is 0.823. The van der Waals surface area contributed by atoms with Crippen molar-refractivity contribution in [3.05, 3.63) is 65.7 Å². The maximum absolute atomic E-state index is 13.4. The number of nitrogens with one attached hydrogen (secondary N) is 4. The molecule has 40 heavy (non-hydrogen) atoms. The molecule has 0 heterocycles. The molecule has 2 rings (SSSR count). The molecule has 0 bridgehead atoms. The van der Waals surface area contributed by atoms with Crippen LogP contribution in [0.25, 0.3) is 0 Å². The lowest BCUT2D eigenvalue weighted by Gasteiger charge is -2.23. The predicted molar refractivity (Wildman–Crippen MR) is 149 cm³/mol. The monoisotopic (exact) mass is 557 g/mol. The number of primary amides is 1. The first-order valence-electron chi connectivity index (χ1n) is 13.1. The van der Waals surface area contributed by atoms with Crippen molar-refractivity contribution in [2.45, 2.75) is 44.4 Å². The predicted octanol–water partition coefficient (Wildman–Crippen LogP) is 0.831. The molecule has 2 aromatic rings. The number of rotatable bonds is 18. The van der Waals surface area contributed by atoms with Crippen LogP contribution in [-0.2, 0) is 36.9 Å². The van der Waals surface area contributed by atoms with Gasteiger partial charge in [-0.2, -0.15) is 0 Å². The van der Waals surface area contributed by atoms with Gasteiger partial charge in [-0.15, -0.1) is 0 Å². The summed E-state index contributed by atoms with van der Waals surface area (Å²) >= 11 is 0. The summed E-state index contributed by atoms with van der Waals surface area (Å²) < 4.78 is 10.3. The fraction of sp³-hybridized carbons (Fsp3) is 0.429.